The van der Waals surface area contributed by atoms with Crippen molar-refractivity contribution in [1.29, 1.82) is 0 Å². The predicted octanol–water partition coefficient (Wildman–Crippen LogP) is 3.17. The van der Waals surface area contributed by atoms with Crippen LogP contribution in [0, 0.1) is 6.92 Å². The van der Waals surface area contributed by atoms with Crippen molar-refractivity contribution < 1.29 is 4.79 Å². The fourth-order valence-electron chi connectivity index (χ4n) is 2.00. The topological polar surface area (TPSA) is 46.9 Å². The van der Waals surface area contributed by atoms with Gasteiger partial charge in [0, 0.05) is 23.2 Å². The smallest absolute Gasteiger partial charge is 0.261 e. The summed E-state index contributed by atoms with van der Waals surface area (Å²) in [6, 6.07) is 13.7. The second-order valence-corrected chi connectivity index (χ2v) is 6.01. The molecule has 106 valence electrons. The lowest BCUT2D eigenvalue weighted by molar-refractivity contribution is 0.0955. The van der Waals surface area contributed by atoms with Gasteiger partial charge in [0.25, 0.3) is 5.91 Å². The molecule has 0 atom stereocenters. The van der Waals surface area contributed by atoms with Gasteiger partial charge in [-0.15, -0.1) is 11.3 Å². The Morgan fingerprint density at radius 2 is 2.05 bits per heavy atom. The lowest BCUT2D eigenvalue weighted by Crippen LogP contribution is -2.21. The number of thiophene rings is 1. The van der Waals surface area contributed by atoms with Gasteiger partial charge in [0.15, 0.2) is 0 Å². The van der Waals surface area contributed by atoms with Crippen LogP contribution < -0.4 is 5.32 Å². The molecule has 5 heteroatoms. The third kappa shape index (κ3) is 3.20. The number of aryl methyl sites for hydroxylation is 1. The highest BCUT2D eigenvalue weighted by Gasteiger charge is 2.08. The van der Waals surface area contributed by atoms with Crippen LogP contribution in [0.3, 0.4) is 0 Å². The Morgan fingerprint density at radius 3 is 2.76 bits per heavy atom. The highest BCUT2D eigenvalue weighted by molar-refractivity contribution is 7.13. The van der Waals surface area contributed by atoms with E-state index in [0.717, 1.165) is 21.0 Å². The van der Waals surface area contributed by atoms with Crippen LogP contribution in [0.5, 0.6) is 0 Å². The second kappa shape index (κ2) is 5.93. The quantitative estimate of drug-likeness (QED) is 0.804. The average molecular weight is 297 g/mol. The van der Waals surface area contributed by atoms with Gasteiger partial charge in [-0.2, -0.15) is 5.10 Å². The summed E-state index contributed by atoms with van der Waals surface area (Å²) in [5, 5.41) is 7.22. The van der Waals surface area contributed by atoms with Crippen LogP contribution in [0.2, 0.25) is 0 Å². The molecule has 0 radical (unpaired) electrons. The number of hydrogen-bond donors (Lipinski definition) is 1. The molecule has 0 aliphatic heterocycles. The van der Waals surface area contributed by atoms with Crippen molar-refractivity contribution in [3.05, 3.63) is 70.2 Å². The van der Waals surface area contributed by atoms with E-state index in [4.69, 9.17) is 0 Å². The summed E-state index contributed by atoms with van der Waals surface area (Å²) in [5.74, 6) is -0.0411. The van der Waals surface area contributed by atoms with Crippen LogP contribution in [0.1, 0.15) is 20.1 Å². The van der Waals surface area contributed by atoms with Crippen molar-refractivity contribution in [1.82, 2.24) is 15.1 Å². The molecule has 21 heavy (non-hydrogen) atoms. The number of carbonyl (C=O) groups is 1. The van der Waals surface area contributed by atoms with E-state index in [9.17, 15) is 4.79 Å². The molecule has 0 spiro atoms. The Kier molecular flexibility index (Phi) is 3.83. The predicted molar refractivity (Wildman–Crippen MR) is 83.8 cm³/mol. The van der Waals surface area contributed by atoms with Crippen LogP contribution in [0.15, 0.2) is 54.9 Å². The van der Waals surface area contributed by atoms with E-state index < -0.39 is 0 Å². The molecule has 1 aromatic carbocycles. The number of hydrogen-bond acceptors (Lipinski definition) is 3. The maximum Gasteiger partial charge on any atom is 0.261 e. The van der Waals surface area contributed by atoms with Crippen LogP contribution in [-0.2, 0) is 6.54 Å². The first-order valence-corrected chi connectivity index (χ1v) is 7.47. The number of aromatic nitrogens is 2. The summed E-state index contributed by atoms with van der Waals surface area (Å²) in [6.45, 7) is 2.47. The van der Waals surface area contributed by atoms with Crippen LogP contribution in [-0.4, -0.2) is 15.7 Å². The van der Waals surface area contributed by atoms with E-state index in [1.54, 1.807) is 10.9 Å². The van der Waals surface area contributed by atoms with Crippen LogP contribution >= 0.6 is 11.3 Å². The van der Waals surface area contributed by atoms with Gasteiger partial charge >= 0.3 is 0 Å². The van der Waals surface area contributed by atoms with Crippen molar-refractivity contribution in [2.45, 2.75) is 13.5 Å². The number of para-hydroxylation sites is 1. The van der Waals surface area contributed by atoms with Crippen molar-refractivity contribution in [3.8, 4) is 5.69 Å². The molecule has 2 aromatic heterocycles. The Labute approximate surface area is 127 Å². The molecule has 0 saturated heterocycles. The van der Waals surface area contributed by atoms with Gasteiger partial charge in [-0.05, 0) is 31.2 Å². The van der Waals surface area contributed by atoms with Crippen molar-refractivity contribution in [2.24, 2.45) is 0 Å². The zero-order valence-corrected chi connectivity index (χ0v) is 12.4. The van der Waals surface area contributed by atoms with E-state index in [1.165, 1.54) is 11.3 Å². The van der Waals surface area contributed by atoms with Crippen LogP contribution in [0.25, 0.3) is 5.69 Å². The zero-order valence-electron chi connectivity index (χ0n) is 11.6. The molecular weight excluding hydrogens is 282 g/mol. The van der Waals surface area contributed by atoms with Crippen molar-refractivity contribution in [2.75, 3.05) is 0 Å². The van der Waals surface area contributed by atoms with Gasteiger partial charge < -0.3 is 5.32 Å². The molecular formula is C16H15N3OS. The van der Waals surface area contributed by atoms with E-state index in [2.05, 4.69) is 10.4 Å². The highest BCUT2D eigenvalue weighted by Crippen LogP contribution is 2.15. The Morgan fingerprint density at radius 1 is 1.24 bits per heavy atom. The minimum Gasteiger partial charge on any atom is -0.347 e. The van der Waals surface area contributed by atoms with E-state index in [1.807, 2.05) is 55.6 Å². The molecule has 3 rings (SSSR count). The van der Waals surface area contributed by atoms with Gasteiger partial charge in [0.05, 0.1) is 16.8 Å². The fourth-order valence-corrected chi connectivity index (χ4v) is 2.78. The van der Waals surface area contributed by atoms with Gasteiger partial charge in [0.1, 0.15) is 0 Å². The van der Waals surface area contributed by atoms with Crippen molar-refractivity contribution in [3.63, 3.8) is 0 Å². The molecule has 1 amide bonds. The molecule has 0 aliphatic carbocycles. The lowest BCUT2D eigenvalue weighted by atomic mass is 10.3. The summed E-state index contributed by atoms with van der Waals surface area (Å²) in [5.41, 5.74) is 1.98. The molecule has 2 heterocycles. The summed E-state index contributed by atoms with van der Waals surface area (Å²) < 4.78 is 1.80. The van der Waals surface area contributed by atoms with Gasteiger partial charge in [-0.3, -0.25) is 4.79 Å². The number of benzene rings is 1. The first-order chi connectivity index (χ1) is 10.2. The summed E-state index contributed by atoms with van der Waals surface area (Å²) in [6.07, 6.45) is 3.70. The number of amides is 1. The maximum absolute atomic E-state index is 12.0. The molecule has 0 bridgehead atoms. The Bertz CT molecular complexity index is 746. The first kappa shape index (κ1) is 13.6. The van der Waals surface area contributed by atoms with Crippen molar-refractivity contribution >= 4 is 17.2 Å². The molecule has 0 fully saturated rings. The van der Waals surface area contributed by atoms with E-state index in [0.29, 0.717) is 6.54 Å². The summed E-state index contributed by atoms with van der Waals surface area (Å²) in [7, 11) is 0. The number of nitrogens with zero attached hydrogens (tertiary/aromatic N) is 2. The van der Waals surface area contributed by atoms with Gasteiger partial charge in [0.2, 0.25) is 0 Å². The molecule has 1 N–H and O–H groups in total. The minimum absolute atomic E-state index is 0.0411. The van der Waals surface area contributed by atoms with Crippen LogP contribution in [0.4, 0.5) is 0 Å². The Hall–Kier alpha value is -2.40. The standard InChI is InChI=1S/C16H15N3OS/c1-12-7-8-15(21-12)16(20)17-9-13-10-18-19(11-13)14-5-3-2-4-6-14/h2-8,10-11H,9H2,1H3,(H,17,20). The van der Waals surface area contributed by atoms with E-state index in [-0.39, 0.29) is 5.91 Å². The zero-order chi connectivity index (χ0) is 14.7. The fraction of sp³-hybridized carbons (Fsp3) is 0.125. The highest BCUT2D eigenvalue weighted by atomic mass is 32.1. The van der Waals surface area contributed by atoms with E-state index >= 15 is 0 Å². The molecule has 3 aromatic rings. The number of nitrogens with one attached hydrogen (secondary N) is 1. The average Bonchev–Trinajstić information content (AvgIpc) is 3.15. The largest absolute Gasteiger partial charge is 0.347 e. The molecule has 4 nitrogen and oxygen atoms in total. The second-order valence-electron chi connectivity index (χ2n) is 4.72. The summed E-state index contributed by atoms with van der Waals surface area (Å²) in [4.78, 5) is 13.9. The lowest BCUT2D eigenvalue weighted by Gasteiger charge is -2.01. The molecule has 0 unspecified atom stereocenters. The monoisotopic (exact) mass is 297 g/mol. The third-order valence-corrected chi connectivity index (χ3v) is 4.07. The summed E-state index contributed by atoms with van der Waals surface area (Å²) >= 11 is 1.50. The normalized spacial score (nSPS) is 10.5. The number of carbonyl (C=O) groups excluding carboxylic acids is 1. The minimum atomic E-state index is -0.0411. The first-order valence-electron chi connectivity index (χ1n) is 6.66. The molecule has 0 aliphatic rings. The molecule has 0 saturated carbocycles. The maximum atomic E-state index is 12.0. The third-order valence-electron chi connectivity index (χ3n) is 3.07. The SMILES string of the molecule is Cc1ccc(C(=O)NCc2cnn(-c3ccccc3)c2)s1. The Balaban J connectivity index is 1.64. The van der Waals surface area contributed by atoms with Gasteiger partial charge in [-0.25, -0.2) is 4.68 Å². The number of rotatable bonds is 4. The van der Waals surface area contributed by atoms with Gasteiger partial charge in [-0.1, -0.05) is 18.2 Å².